The van der Waals surface area contributed by atoms with Gasteiger partial charge in [-0.3, -0.25) is 9.67 Å². The Balaban J connectivity index is 1.48. The van der Waals surface area contributed by atoms with Crippen LogP contribution in [0.4, 0.5) is 10.5 Å². The summed E-state index contributed by atoms with van der Waals surface area (Å²) in [4.78, 5) is 16.3. The molecule has 8 heteroatoms. The molecule has 3 rings (SSSR count). The van der Waals surface area contributed by atoms with E-state index in [9.17, 15) is 4.79 Å². The van der Waals surface area contributed by atoms with Gasteiger partial charge < -0.3 is 15.2 Å². The van der Waals surface area contributed by atoms with E-state index in [4.69, 9.17) is 4.52 Å². The van der Waals surface area contributed by atoms with Crippen LogP contribution in [0, 0.1) is 0 Å². The monoisotopic (exact) mass is 368 g/mol. The predicted octanol–water partition coefficient (Wildman–Crippen LogP) is 3.54. The third-order valence-electron chi connectivity index (χ3n) is 4.35. The second-order valence-corrected chi connectivity index (χ2v) is 6.29. The summed E-state index contributed by atoms with van der Waals surface area (Å²) >= 11 is 0. The van der Waals surface area contributed by atoms with E-state index in [-0.39, 0.29) is 12.6 Å². The number of hydrogen-bond donors (Lipinski definition) is 2. The molecular formula is C19H24N6O2. The third-order valence-corrected chi connectivity index (χ3v) is 4.35. The molecule has 0 unspecified atom stereocenters. The summed E-state index contributed by atoms with van der Waals surface area (Å²) in [5.74, 6) is 1.03. The third kappa shape index (κ3) is 5.16. The molecule has 142 valence electrons. The summed E-state index contributed by atoms with van der Waals surface area (Å²) in [6.45, 7) is 5.08. The molecule has 0 aromatic carbocycles. The largest absolute Gasteiger partial charge is 0.359 e. The molecular weight excluding hydrogens is 344 g/mol. The zero-order valence-electron chi connectivity index (χ0n) is 15.6. The highest BCUT2D eigenvalue weighted by Gasteiger charge is 2.13. The van der Waals surface area contributed by atoms with Crippen molar-refractivity contribution >= 4 is 11.7 Å². The van der Waals surface area contributed by atoms with Gasteiger partial charge in [-0.15, -0.1) is 0 Å². The van der Waals surface area contributed by atoms with Gasteiger partial charge in [0.1, 0.15) is 0 Å². The fourth-order valence-corrected chi connectivity index (χ4v) is 2.83. The first-order valence-electron chi connectivity index (χ1n) is 9.10. The van der Waals surface area contributed by atoms with Gasteiger partial charge in [0.2, 0.25) is 0 Å². The van der Waals surface area contributed by atoms with Gasteiger partial charge >= 0.3 is 6.03 Å². The minimum Gasteiger partial charge on any atom is -0.359 e. The van der Waals surface area contributed by atoms with E-state index in [1.807, 2.05) is 24.3 Å². The maximum Gasteiger partial charge on any atom is 0.319 e. The summed E-state index contributed by atoms with van der Waals surface area (Å²) in [6, 6.07) is 7.30. The molecule has 0 aliphatic rings. The van der Waals surface area contributed by atoms with E-state index in [2.05, 4.69) is 39.7 Å². The number of nitrogens with zero attached hydrogens (tertiary/aromatic N) is 4. The van der Waals surface area contributed by atoms with Gasteiger partial charge in [0.25, 0.3) is 0 Å². The van der Waals surface area contributed by atoms with Crippen LogP contribution in [0.25, 0.3) is 0 Å². The van der Waals surface area contributed by atoms with E-state index in [0.29, 0.717) is 23.9 Å². The zero-order chi connectivity index (χ0) is 19.1. The predicted molar refractivity (Wildman–Crippen MR) is 101 cm³/mol. The molecule has 3 heterocycles. The van der Waals surface area contributed by atoms with Crippen molar-refractivity contribution in [1.29, 1.82) is 0 Å². The number of aromatic nitrogens is 4. The quantitative estimate of drug-likeness (QED) is 0.634. The van der Waals surface area contributed by atoms with E-state index in [0.717, 1.165) is 24.2 Å². The number of nitrogens with one attached hydrogen (secondary N) is 2. The van der Waals surface area contributed by atoms with Crippen LogP contribution in [0.1, 0.15) is 49.8 Å². The van der Waals surface area contributed by atoms with Crippen molar-refractivity contribution < 1.29 is 9.32 Å². The van der Waals surface area contributed by atoms with E-state index in [1.165, 1.54) is 0 Å². The van der Waals surface area contributed by atoms with Crippen LogP contribution in [0.5, 0.6) is 0 Å². The van der Waals surface area contributed by atoms with Gasteiger partial charge in [-0.1, -0.05) is 25.1 Å². The first-order valence-corrected chi connectivity index (χ1v) is 9.10. The zero-order valence-corrected chi connectivity index (χ0v) is 15.6. The highest BCUT2D eigenvalue weighted by molar-refractivity contribution is 5.88. The number of carbonyl (C=O) groups excluding carboxylic acids is 1. The van der Waals surface area contributed by atoms with Crippen molar-refractivity contribution in [2.24, 2.45) is 0 Å². The van der Waals surface area contributed by atoms with Crippen molar-refractivity contribution in [3.05, 3.63) is 60.0 Å². The van der Waals surface area contributed by atoms with Gasteiger partial charge in [-0.2, -0.15) is 5.10 Å². The van der Waals surface area contributed by atoms with Crippen LogP contribution in [-0.2, 0) is 13.1 Å². The Morgan fingerprint density at radius 3 is 2.89 bits per heavy atom. The van der Waals surface area contributed by atoms with E-state index in [1.54, 1.807) is 23.3 Å². The molecule has 0 atom stereocenters. The molecule has 8 nitrogen and oxygen atoms in total. The number of rotatable bonds is 8. The summed E-state index contributed by atoms with van der Waals surface area (Å²) in [5.41, 5.74) is 2.45. The average molecular weight is 368 g/mol. The lowest BCUT2D eigenvalue weighted by atomic mass is 9.99. The van der Waals surface area contributed by atoms with Gasteiger partial charge in [0.15, 0.2) is 5.76 Å². The molecule has 3 aromatic heterocycles. The first kappa shape index (κ1) is 18.6. The minimum absolute atomic E-state index is 0.279. The van der Waals surface area contributed by atoms with Crippen molar-refractivity contribution in [2.45, 2.75) is 45.7 Å². The second-order valence-electron chi connectivity index (χ2n) is 6.29. The summed E-state index contributed by atoms with van der Waals surface area (Å²) in [6.07, 6.45) is 7.12. The lowest BCUT2D eigenvalue weighted by molar-refractivity contribution is 0.250. The number of carbonyl (C=O) groups is 1. The Labute approximate surface area is 158 Å². The second kappa shape index (κ2) is 8.98. The van der Waals surface area contributed by atoms with E-state index >= 15 is 0 Å². The Bertz CT molecular complexity index is 854. The molecule has 3 aromatic rings. The number of anilines is 1. The fraction of sp³-hybridized carbons (Fsp3) is 0.368. The molecule has 0 fully saturated rings. The van der Waals surface area contributed by atoms with Crippen molar-refractivity contribution in [3.63, 3.8) is 0 Å². The molecule has 0 bridgehead atoms. The minimum atomic E-state index is -0.326. The number of hydrogen-bond acceptors (Lipinski definition) is 5. The fourth-order valence-electron chi connectivity index (χ4n) is 2.83. The lowest BCUT2D eigenvalue weighted by Crippen LogP contribution is -2.27. The SMILES string of the molecule is CCC(CC)c1cc(CNC(=O)Nc2cnn(Cc3ccccn3)c2)on1. The molecule has 2 N–H and O–H groups in total. The summed E-state index contributed by atoms with van der Waals surface area (Å²) < 4.78 is 7.02. The first-order chi connectivity index (χ1) is 13.2. The van der Waals surface area contributed by atoms with E-state index < -0.39 is 0 Å². The van der Waals surface area contributed by atoms with Crippen LogP contribution >= 0.6 is 0 Å². The van der Waals surface area contributed by atoms with Gasteiger partial charge in [0, 0.05) is 24.4 Å². The Kier molecular flexibility index (Phi) is 6.19. The topological polar surface area (TPSA) is 97.9 Å². The highest BCUT2D eigenvalue weighted by atomic mass is 16.5. The highest BCUT2D eigenvalue weighted by Crippen LogP contribution is 2.22. The van der Waals surface area contributed by atoms with Gasteiger partial charge in [-0.25, -0.2) is 4.79 Å². The van der Waals surface area contributed by atoms with Crippen molar-refractivity contribution in [1.82, 2.24) is 25.2 Å². The molecule has 0 saturated heterocycles. The Morgan fingerprint density at radius 2 is 2.15 bits per heavy atom. The Morgan fingerprint density at radius 1 is 1.30 bits per heavy atom. The number of pyridine rings is 1. The maximum atomic E-state index is 12.1. The number of amides is 2. The summed E-state index contributed by atoms with van der Waals surface area (Å²) in [7, 11) is 0. The van der Waals surface area contributed by atoms with Crippen LogP contribution in [-0.4, -0.2) is 26.0 Å². The molecule has 0 aliphatic carbocycles. The lowest BCUT2D eigenvalue weighted by Gasteiger charge is -2.06. The molecule has 0 radical (unpaired) electrons. The molecule has 0 spiro atoms. The van der Waals surface area contributed by atoms with Crippen molar-refractivity contribution in [2.75, 3.05) is 5.32 Å². The summed E-state index contributed by atoms with van der Waals surface area (Å²) in [5, 5.41) is 13.8. The smallest absolute Gasteiger partial charge is 0.319 e. The van der Waals surface area contributed by atoms with Crippen LogP contribution in [0.15, 0.2) is 47.4 Å². The van der Waals surface area contributed by atoms with Crippen LogP contribution < -0.4 is 10.6 Å². The normalized spacial score (nSPS) is 10.9. The van der Waals surface area contributed by atoms with Crippen molar-refractivity contribution in [3.8, 4) is 0 Å². The number of urea groups is 1. The standard InChI is InChI=1S/C19H24N6O2/c1-3-14(4-2)18-9-17(27-24-18)11-21-19(26)23-16-10-22-25(13-16)12-15-7-5-6-8-20-15/h5-10,13-14H,3-4,11-12H2,1-2H3,(H2,21,23,26). The van der Waals surface area contributed by atoms with Crippen LogP contribution in [0.2, 0.25) is 0 Å². The maximum absolute atomic E-state index is 12.1. The Hall–Kier alpha value is -3.16. The molecule has 2 amide bonds. The van der Waals surface area contributed by atoms with Gasteiger partial charge in [0.05, 0.1) is 36.4 Å². The molecule has 27 heavy (non-hydrogen) atoms. The average Bonchev–Trinajstić information content (AvgIpc) is 3.32. The van der Waals surface area contributed by atoms with Crippen LogP contribution in [0.3, 0.4) is 0 Å². The molecule has 0 aliphatic heterocycles. The van der Waals surface area contributed by atoms with Gasteiger partial charge in [-0.05, 0) is 25.0 Å². The molecule has 0 saturated carbocycles.